The van der Waals surface area contributed by atoms with Gasteiger partial charge in [0.2, 0.25) is 0 Å². The van der Waals surface area contributed by atoms with E-state index in [4.69, 9.17) is 4.98 Å². The molecule has 3 heteroatoms. The molecular weight excluding hydrogens is 300 g/mol. The Balaban J connectivity index is 1.85. The smallest absolute Gasteiger partial charge is 0.195 e. The molecule has 0 radical (unpaired) electrons. The first kappa shape index (κ1) is 14.5. The van der Waals surface area contributed by atoms with Crippen molar-refractivity contribution < 1.29 is 0 Å². The lowest BCUT2D eigenvalue weighted by atomic mass is 10.1. The van der Waals surface area contributed by atoms with E-state index >= 15 is 0 Å². The van der Waals surface area contributed by atoms with Crippen LogP contribution in [-0.2, 0) is 6.42 Å². The molecule has 0 saturated carbocycles. The maximum Gasteiger partial charge on any atom is 0.195 e. The van der Waals surface area contributed by atoms with E-state index in [0.29, 0.717) is 0 Å². The number of benzene rings is 2. The number of aromatic nitrogens is 2. The summed E-state index contributed by atoms with van der Waals surface area (Å²) >= 11 is 1.79. The van der Waals surface area contributed by atoms with Gasteiger partial charge in [-0.05, 0) is 37.5 Å². The highest BCUT2D eigenvalue weighted by Gasteiger charge is 2.15. The number of unbranched alkanes of at least 4 members (excludes halogenated alkanes) is 1. The van der Waals surface area contributed by atoms with E-state index in [0.717, 1.165) is 10.7 Å². The zero-order valence-electron chi connectivity index (χ0n) is 13.5. The molecule has 0 aliphatic rings. The second kappa shape index (κ2) is 5.82. The van der Waals surface area contributed by atoms with Crippen LogP contribution in [0.3, 0.4) is 0 Å². The quantitative estimate of drug-likeness (QED) is 0.460. The summed E-state index contributed by atoms with van der Waals surface area (Å²) in [5, 5.41) is 0. The Morgan fingerprint density at radius 1 is 1.09 bits per heavy atom. The van der Waals surface area contributed by atoms with Crippen LogP contribution < -0.4 is 0 Å². The Bertz CT molecular complexity index is 964. The molecule has 2 nitrogen and oxygen atoms in total. The molecule has 0 fully saturated rings. The summed E-state index contributed by atoms with van der Waals surface area (Å²) in [6, 6.07) is 17.3. The Morgan fingerprint density at radius 2 is 1.91 bits per heavy atom. The SMILES string of the molecule is CCCCc1ccc2c(c1)sc1nc(-c3ccccc3)c(C)n12. The van der Waals surface area contributed by atoms with Gasteiger partial charge in [-0.3, -0.25) is 4.40 Å². The molecule has 0 bridgehead atoms. The largest absolute Gasteiger partial charge is 0.287 e. The van der Waals surface area contributed by atoms with Gasteiger partial charge in [-0.15, -0.1) is 0 Å². The van der Waals surface area contributed by atoms with Crippen molar-refractivity contribution in [2.45, 2.75) is 33.1 Å². The molecule has 2 aromatic carbocycles. The summed E-state index contributed by atoms with van der Waals surface area (Å²) in [5.74, 6) is 0. The number of nitrogens with zero attached hydrogens (tertiary/aromatic N) is 2. The Kier molecular flexibility index (Phi) is 3.66. The summed E-state index contributed by atoms with van der Waals surface area (Å²) in [5.41, 5.74) is 6.21. The number of hydrogen-bond donors (Lipinski definition) is 0. The molecular formula is C20H20N2S. The molecule has 0 atom stereocenters. The molecule has 0 aliphatic carbocycles. The molecule has 4 aromatic rings. The number of thiazole rings is 1. The monoisotopic (exact) mass is 320 g/mol. The lowest BCUT2D eigenvalue weighted by Crippen LogP contribution is -1.88. The number of imidazole rings is 1. The molecule has 0 spiro atoms. The van der Waals surface area contributed by atoms with Crippen LogP contribution in [0, 0.1) is 6.92 Å². The third kappa shape index (κ3) is 2.45. The zero-order chi connectivity index (χ0) is 15.8. The van der Waals surface area contributed by atoms with E-state index < -0.39 is 0 Å². The van der Waals surface area contributed by atoms with Crippen LogP contribution in [0.1, 0.15) is 31.0 Å². The maximum atomic E-state index is 4.89. The third-order valence-electron chi connectivity index (χ3n) is 4.41. The molecule has 0 saturated heterocycles. The van der Waals surface area contributed by atoms with Crippen molar-refractivity contribution in [1.29, 1.82) is 0 Å². The minimum absolute atomic E-state index is 1.09. The minimum Gasteiger partial charge on any atom is -0.287 e. The van der Waals surface area contributed by atoms with Gasteiger partial charge < -0.3 is 0 Å². The first-order valence-electron chi connectivity index (χ1n) is 8.24. The van der Waals surface area contributed by atoms with Gasteiger partial charge in [0.1, 0.15) is 0 Å². The van der Waals surface area contributed by atoms with Crippen LogP contribution in [0.15, 0.2) is 48.5 Å². The highest BCUT2D eigenvalue weighted by Crippen LogP contribution is 2.33. The second-order valence-electron chi connectivity index (χ2n) is 6.04. The van der Waals surface area contributed by atoms with Crippen LogP contribution in [0.4, 0.5) is 0 Å². The first-order chi connectivity index (χ1) is 11.3. The predicted octanol–water partition coefficient (Wildman–Crippen LogP) is 5.87. The second-order valence-corrected chi connectivity index (χ2v) is 7.05. The summed E-state index contributed by atoms with van der Waals surface area (Å²) in [4.78, 5) is 5.98. The number of hydrogen-bond acceptors (Lipinski definition) is 2. The van der Waals surface area contributed by atoms with Crippen molar-refractivity contribution in [3.05, 3.63) is 59.8 Å². The van der Waals surface area contributed by atoms with Gasteiger partial charge in [0.05, 0.1) is 15.9 Å². The number of aryl methyl sites for hydroxylation is 2. The van der Waals surface area contributed by atoms with Crippen LogP contribution in [0.2, 0.25) is 0 Å². The van der Waals surface area contributed by atoms with Crippen LogP contribution >= 0.6 is 11.3 Å². The van der Waals surface area contributed by atoms with Gasteiger partial charge in [0, 0.05) is 11.3 Å². The van der Waals surface area contributed by atoms with Crippen molar-refractivity contribution in [2.24, 2.45) is 0 Å². The highest BCUT2D eigenvalue weighted by atomic mass is 32.1. The van der Waals surface area contributed by atoms with Crippen molar-refractivity contribution in [3.63, 3.8) is 0 Å². The zero-order valence-corrected chi connectivity index (χ0v) is 14.4. The molecule has 2 heterocycles. The number of fused-ring (bicyclic) bond motifs is 3. The predicted molar refractivity (Wildman–Crippen MR) is 99.4 cm³/mol. The molecule has 0 unspecified atom stereocenters. The summed E-state index contributed by atoms with van der Waals surface area (Å²) in [6.45, 7) is 4.41. The molecule has 0 N–H and O–H groups in total. The van der Waals surface area contributed by atoms with Gasteiger partial charge in [-0.25, -0.2) is 4.98 Å². The van der Waals surface area contributed by atoms with Gasteiger partial charge in [-0.2, -0.15) is 0 Å². The maximum absolute atomic E-state index is 4.89. The average molecular weight is 320 g/mol. The van der Waals surface area contributed by atoms with Crippen molar-refractivity contribution in [1.82, 2.24) is 9.38 Å². The number of rotatable bonds is 4. The molecule has 116 valence electrons. The molecule has 2 aromatic heterocycles. The fourth-order valence-electron chi connectivity index (χ4n) is 3.16. The highest BCUT2D eigenvalue weighted by molar-refractivity contribution is 7.23. The summed E-state index contributed by atoms with van der Waals surface area (Å²) < 4.78 is 3.63. The van der Waals surface area contributed by atoms with E-state index in [-0.39, 0.29) is 0 Å². The van der Waals surface area contributed by atoms with Crippen molar-refractivity contribution in [2.75, 3.05) is 0 Å². The fourth-order valence-corrected chi connectivity index (χ4v) is 4.29. The van der Waals surface area contributed by atoms with Crippen LogP contribution in [0.5, 0.6) is 0 Å². The summed E-state index contributed by atoms with van der Waals surface area (Å²) in [7, 11) is 0. The van der Waals surface area contributed by atoms with E-state index in [9.17, 15) is 0 Å². The van der Waals surface area contributed by atoms with E-state index in [1.165, 1.54) is 46.3 Å². The Hall–Kier alpha value is -2.13. The van der Waals surface area contributed by atoms with Crippen LogP contribution in [-0.4, -0.2) is 9.38 Å². The van der Waals surface area contributed by atoms with Crippen molar-refractivity contribution in [3.8, 4) is 11.3 Å². The van der Waals surface area contributed by atoms with Crippen molar-refractivity contribution >= 4 is 26.5 Å². The lowest BCUT2D eigenvalue weighted by Gasteiger charge is -2.02. The van der Waals surface area contributed by atoms with Gasteiger partial charge in [-0.1, -0.05) is 61.1 Å². The third-order valence-corrected chi connectivity index (χ3v) is 5.41. The fraction of sp³-hybridized carbons (Fsp3) is 0.250. The Labute approximate surface area is 140 Å². The molecule has 23 heavy (non-hydrogen) atoms. The summed E-state index contributed by atoms with van der Waals surface area (Å²) in [6.07, 6.45) is 3.66. The molecule has 0 amide bonds. The first-order valence-corrected chi connectivity index (χ1v) is 9.05. The standard InChI is InChI=1S/C20H20N2S/c1-3-4-8-15-11-12-17-18(13-15)23-20-21-19(14(2)22(17)20)16-9-6-5-7-10-16/h5-7,9-13H,3-4,8H2,1-2H3. The average Bonchev–Trinajstić information content (AvgIpc) is 3.10. The normalized spacial score (nSPS) is 11.6. The minimum atomic E-state index is 1.09. The topological polar surface area (TPSA) is 17.3 Å². The lowest BCUT2D eigenvalue weighted by molar-refractivity contribution is 0.796. The van der Waals surface area contributed by atoms with Gasteiger partial charge in [0.25, 0.3) is 0 Å². The van der Waals surface area contributed by atoms with Crippen LogP contribution in [0.25, 0.3) is 26.4 Å². The Morgan fingerprint density at radius 3 is 2.70 bits per heavy atom. The van der Waals surface area contributed by atoms with Gasteiger partial charge >= 0.3 is 0 Å². The molecule has 0 aliphatic heterocycles. The molecule has 4 rings (SSSR count). The van der Waals surface area contributed by atoms with E-state index in [2.05, 4.69) is 60.7 Å². The van der Waals surface area contributed by atoms with E-state index in [1.54, 1.807) is 11.3 Å². The van der Waals surface area contributed by atoms with E-state index in [1.807, 2.05) is 6.07 Å². The van der Waals surface area contributed by atoms with Gasteiger partial charge in [0.15, 0.2) is 4.96 Å².